The molecule has 2 N–H and O–H groups in total. The summed E-state index contributed by atoms with van der Waals surface area (Å²) in [6.07, 6.45) is 2.31. The van der Waals surface area contributed by atoms with Crippen LogP contribution in [-0.4, -0.2) is 36.4 Å². The van der Waals surface area contributed by atoms with Gasteiger partial charge in [0.1, 0.15) is 5.75 Å². The molecular formula is C18H26N2O3. The van der Waals surface area contributed by atoms with E-state index in [2.05, 4.69) is 13.8 Å². The highest BCUT2D eigenvalue weighted by Gasteiger charge is 2.26. The minimum atomic E-state index is -0.268. The van der Waals surface area contributed by atoms with Crippen LogP contribution < -0.4 is 10.5 Å². The van der Waals surface area contributed by atoms with Crippen molar-refractivity contribution in [1.29, 1.82) is 0 Å². The van der Waals surface area contributed by atoms with Crippen LogP contribution in [0.5, 0.6) is 5.75 Å². The minimum Gasteiger partial charge on any atom is -0.483 e. The standard InChI is InChI=1S/C18H26N2O3/c1-3-13(2)15-6-4-5-7-16(15)23-12-17(21)20-10-8-14(9-11-20)18(19)22/h4-7,13-14H,3,8-12H2,1-2H3,(H2,19,22)/t13-/m0/s1. The minimum absolute atomic E-state index is 0.0353. The summed E-state index contributed by atoms with van der Waals surface area (Å²) in [7, 11) is 0. The van der Waals surface area contributed by atoms with Gasteiger partial charge in [-0.1, -0.05) is 32.0 Å². The second kappa shape index (κ2) is 7.99. The highest BCUT2D eigenvalue weighted by Crippen LogP contribution is 2.28. The van der Waals surface area contributed by atoms with Crippen LogP contribution in [0, 0.1) is 5.92 Å². The lowest BCUT2D eigenvalue weighted by atomic mass is 9.96. The molecule has 2 amide bonds. The predicted molar refractivity (Wildman–Crippen MR) is 89.1 cm³/mol. The number of nitrogens with two attached hydrogens (primary N) is 1. The third kappa shape index (κ3) is 4.47. The van der Waals surface area contributed by atoms with Gasteiger partial charge in [0.05, 0.1) is 0 Å². The third-order valence-electron chi connectivity index (χ3n) is 4.66. The zero-order chi connectivity index (χ0) is 16.8. The smallest absolute Gasteiger partial charge is 0.260 e. The first-order valence-electron chi connectivity index (χ1n) is 8.31. The highest BCUT2D eigenvalue weighted by atomic mass is 16.5. The molecule has 0 aromatic heterocycles. The number of hydrogen-bond donors (Lipinski definition) is 1. The fraction of sp³-hybridized carbons (Fsp3) is 0.556. The van der Waals surface area contributed by atoms with E-state index in [1.165, 1.54) is 0 Å². The van der Waals surface area contributed by atoms with Gasteiger partial charge in [-0.2, -0.15) is 0 Å². The van der Waals surface area contributed by atoms with Gasteiger partial charge in [0.25, 0.3) is 5.91 Å². The molecule has 0 spiro atoms. The van der Waals surface area contributed by atoms with Crippen molar-refractivity contribution in [2.75, 3.05) is 19.7 Å². The summed E-state index contributed by atoms with van der Waals surface area (Å²) in [6, 6.07) is 7.87. The number of hydrogen-bond acceptors (Lipinski definition) is 3. The topological polar surface area (TPSA) is 72.6 Å². The van der Waals surface area contributed by atoms with E-state index in [4.69, 9.17) is 10.5 Å². The molecule has 1 heterocycles. The third-order valence-corrected chi connectivity index (χ3v) is 4.66. The van der Waals surface area contributed by atoms with Crippen molar-refractivity contribution in [3.63, 3.8) is 0 Å². The van der Waals surface area contributed by atoms with E-state index >= 15 is 0 Å². The maximum Gasteiger partial charge on any atom is 0.260 e. The van der Waals surface area contributed by atoms with Gasteiger partial charge in [0, 0.05) is 19.0 Å². The van der Waals surface area contributed by atoms with Gasteiger partial charge in [0.15, 0.2) is 6.61 Å². The fourth-order valence-corrected chi connectivity index (χ4v) is 2.88. The largest absolute Gasteiger partial charge is 0.483 e. The highest BCUT2D eigenvalue weighted by molar-refractivity contribution is 5.79. The molecule has 126 valence electrons. The van der Waals surface area contributed by atoms with Crippen molar-refractivity contribution in [2.24, 2.45) is 11.7 Å². The molecule has 5 nitrogen and oxygen atoms in total. The number of rotatable bonds is 6. The van der Waals surface area contributed by atoms with Gasteiger partial charge in [-0.15, -0.1) is 0 Å². The normalized spacial score (nSPS) is 16.9. The van der Waals surface area contributed by atoms with E-state index < -0.39 is 0 Å². The molecule has 0 bridgehead atoms. The Morgan fingerprint density at radius 2 is 1.96 bits per heavy atom. The molecule has 1 aliphatic heterocycles. The van der Waals surface area contributed by atoms with Gasteiger partial charge in [0.2, 0.25) is 5.91 Å². The number of carbonyl (C=O) groups is 2. The number of primary amides is 1. The second-order valence-electron chi connectivity index (χ2n) is 6.19. The lowest BCUT2D eigenvalue weighted by molar-refractivity contribution is -0.136. The van der Waals surface area contributed by atoms with Gasteiger partial charge in [-0.3, -0.25) is 9.59 Å². The summed E-state index contributed by atoms with van der Waals surface area (Å²) in [5, 5.41) is 0. The van der Waals surface area contributed by atoms with Gasteiger partial charge < -0.3 is 15.4 Å². The second-order valence-corrected chi connectivity index (χ2v) is 6.19. The number of nitrogens with zero attached hydrogens (tertiary/aromatic N) is 1. The van der Waals surface area contributed by atoms with Crippen LogP contribution in [0.4, 0.5) is 0 Å². The molecule has 23 heavy (non-hydrogen) atoms. The Labute approximate surface area is 137 Å². The monoisotopic (exact) mass is 318 g/mol. The Hall–Kier alpha value is -2.04. The zero-order valence-electron chi connectivity index (χ0n) is 14.0. The van der Waals surface area contributed by atoms with Crippen molar-refractivity contribution < 1.29 is 14.3 Å². The quantitative estimate of drug-likeness (QED) is 0.874. The van der Waals surface area contributed by atoms with Crippen LogP contribution >= 0.6 is 0 Å². The number of para-hydroxylation sites is 1. The number of benzene rings is 1. The number of carbonyl (C=O) groups excluding carboxylic acids is 2. The Balaban J connectivity index is 1.89. The van der Waals surface area contributed by atoms with Crippen LogP contribution in [0.25, 0.3) is 0 Å². The SMILES string of the molecule is CC[C@H](C)c1ccccc1OCC(=O)N1CCC(C(N)=O)CC1. The molecule has 1 aliphatic rings. The zero-order valence-corrected chi connectivity index (χ0v) is 14.0. The molecule has 0 saturated carbocycles. The predicted octanol–water partition coefficient (Wildman–Crippen LogP) is 2.30. The lowest BCUT2D eigenvalue weighted by Gasteiger charge is -2.30. The molecule has 1 atom stereocenters. The van der Waals surface area contributed by atoms with Crippen molar-refractivity contribution in [2.45, 2.75) is 39.0 Å². The molecular weight excluding hydrogens is 292 g/mol. The Morgan fingerprint density at radius 1 is 1.30 bits per heavy atom. The van der Waals surface area contributed by atoms with Crippen molar-refractivity contribution in [3.05, 3.63) is 29.8 Å². The van der Waals surface area contributed by atoms with Crippen molar-refractivity contribution >= 4 is 11.8 Å². The lowest BCUT2D eigenvalue weighted by Crippen LogP contribution is -2.43. The summed E-state index contributed by atoms with van der Waals surface area (Å²) in [5.41, 5.74) is 6.45. The molecule has 1 saturated heterocycles. The van der Waals surface area contributed by atoms with Crippen LogP contribution in [0.15, 0.2) is 24.3 Å². The van der Waals surface area contributed by atoms with Gasteiger partial charge in [-0.25, -0.2) is 0 Å². The van der Waals surface area contributed by atoms with E-state index in [1.54, 1.807) is 4.90 Å². The molecule has 0 aliphatic carbocycles. The summed E-state index contributed by atoms with van der Waals surface area (Å²) < 4.78 is 5.77. The molecule has 5 heteroatoms. The Morgan fingerprint density at radius 3 is 2.57 bits per heavy atom. The number of amides is 2. The van der Waals surface area contributed by atoms with Gasteiger partial charge in [-0.05, 0) is 36.8 Å². The number of ether oxygens (including phenoxy) is 1. The molecule has 1 aromatic rings. The maximum absolute atomic E-state index is 12.3. The average Bonchev–Trinajstić information content (AvgIpc) is 2.59. The molecule has 0 radical (unpaired) electrons. The maximum atomic E-state index is 12.3. The van der Waals surface area contributed by atoms with Crippen LogP contribution in [-0.2, 0) is 9.59 Å². The van der Waals surface area contributed by atoms with E-state index in [-0.39, 0.29) is 24.3 Å². The number of likely N-dealkylation sites (tertiary alicyclic amines) is 1. The first-order chi connectivity index (χ1) is 11.0. The molecule has 1 aromatic carbocycles. The summed E-state index contributed by atoms with van der Waals surface area (Å²) >= 11 is 0. The molecule has 1 fully saturated rings. The molecule has 2 rings (SSSR count). The first-order valence-corrected chi connectivity index (χ1v) is 8.31. The Bertz CT molecular complexity index is 551. The van der Waals surface area contributed by atoms with E-state index in [0.29, 0.717) is 31.8 Å². The summed E-state index contributed by atoms with van der Waals surface area (Å²) in [4.78, 5) is 25.2. The van der Waals surface area contributed by atoms with E-state index in [9.17, 15) is 9.59 Å². The van der Waals surface area contributed by atoms with Crippen LogP contribution in [0.2, 0.25) is 0 Å². The fourth-order valence-electron chi connectivity index (χ4n) is 2.88. The summed E-state index contributed by atoms with van der Waals surface area (Å²) in [5.74, 6) is 0.767. The van der Waals surface area contributed by atoms with Crippen LogP contribution in [0.3, 0.4) is 0 Å². The number of piperidine rings is 1. The van der Waals surface area contributed by atoms with Crippen molar-refractivity contribution in [3.8, 4) is 5.75 Å². The first kappa shape index (κ1) is 17.3. The summed E-state index contributed by atoms with van der Waals surface area (Å²) in [6.45, 7) is 5.47. The van der Waals surface area contributed by atoms with E-state index in [1.807, 2.05) is 24.3 Å². The van der Waals surface area contributed by atoms with E-state index in [0.717, 1.165) is 17.7 Å². The molecule has 0 unspecified atom stereocenters. The average molecular weight is 318 g/mol. The Kier molecular flexibility index (Phi) is 6.02. The van der Waals surface area contributed by atoms with Gasteiger partial charge >= 0.3 is 0 Å². The van der Waals surface area contributed by atoms with Crippen molar-refractivity contribution in [1.82, 2.24) is 4.90 Å². The van der Waals surface area contributed by atoms with Crippen LogP contribution in [0.1, 0.15) is 44.6 Å².